The van der Waals surface area contributed by atoms with E-state index in [1.807, 2.05) is 25.1 Å². The number of phenolic OH excluding ortho intramolecular Hbond substituents is 1. The maximum atomic E-state index is 11.4. The van der Waals surface area contributed by atoms with Crippen molar-refractivity contribution in [3.63, 3.8) is 0 Å². The van der Waals surface area contributed by atoms with E-state index >= 15 is 0 Å². The summed E-state index contributed by atoms with van der Waals surface area (Å²) >= 11 is 7.99. The van der Waals surface area contributed by atoms with Crippen LogP contribution in [0.3, 0.4) is 0 Å². The Bertz CT molecular complexity index is 980. The molecule has 1 fully saturated rings. The highest BCUT2D eigenvalue weighted by Gasteiger charge is 2.27. The van der Waals surface area contributed by atoms with Gasteiger partial charge in [-0.15, -0.1) is 11.8 Å². The molecule has 0 spiro atoms. The fraction of sp³-hybridized carbons (Fsp3) is 0.480. The minimum absolute atomic E-state index is 0.152. The van der Waals surface area contributed by atoms with E-state index in [0.717, 1.165) is 47.5 Å². The fourth-order valence-corrected chi connectivity index (χ4v) is 4.84. The van der Waals surface area contributed by atoms with Gasteiger partial charge in [-0.05, 0) is 67.9 Å². The maximum Gasteiger partial charge on any atom is 0.309 e. The van der Waals surface area contributed by atoms with Crippen molar-refractivity contribution in [3.8, 4) is 11.5 Å². The summed E-state index contributed by atoms with van der Waals surface area (Å²) in [5, 5.41) is 14.6. The first kappa shape index (κ1) is 25.4. The van der Waals surface area contributed by atoms with Crippen LogP contribution in [0.1, 0.15) is 55.3 Å². The molecule has 0 radical (unpaired) electrons. The number of methoxy groups -OCH3 is 1. The number of thioether (sulfide) groups is 1. The van der Waals surface area contributed by atoms with Crippen molar-refractivity contribution in [3.05, 3.63) is 57.0 Å². The van der Waals surface area contributed by atoms with Crippen LogP contribution in [0, 0.1) is 10.8 Å². The third-order valence-electron chi connectivity index (χ3n) is 5.71. The number of nitrogens with zero attached hydrogens (tertiary/aromatic N) is 1. The molecule has 1 aliphatic rings. The zero-order valence-electron chi connectivity index (χ0n) is 19.0. The van der Waals surface area contributed by atoms with E-state index in [9.17, 15) is 14.8 Å². The number of aromatic hydroxyl groups is 1. The van der Waals surface area contributed by atoms with Crippen molar-refractivity contribution >= 4 is 29.3 Å². The molecule has 0 heterocycles. The van der Waals surface area contributed by atoms with Gasteiger partial charge in [0.05, 0.1) is 25.2 Å². The minimum Gasteiger partial charge on any atom is -0.507 e. The number of ether oxygens (including phenoxy) is 2. The Kier molecular flexibility index (Phi) is 9.44. The number of esters is 1. The van der Waals surface area contributed by atoms with Crippen molar-refractivity contribution < 1.29 is 19.4 Å². The van der Waals surface area contributed by atoms with Crippen molar-refractivity contribution in [2.75, 3.05) is 19.5 Å². The van der Waals surface area contributed by atoms with E-state index in [0.29, 0.717) is 35.3 Å². The Morgan fingerprint density at radius 2 is 2.09 bits per heavy atom. The van der Waals surface area contributed by atoms with Gasteiger partial charge in [0.15, 0.2) is 0 Å². The number of carbonyl (C=O) groups excluding carboxylic acids is 1. The Hall–Kier alpha value is -2.25. The molecule has 0 amide bonds. The SMILES string of the molecule is CCC(N=O)c1ccc(OCCCSc2ccc(CC(=O)OC)cc2Cl)c(CC2CC2)c1O. The number of halogens is 1. The van der Waals surface area contributed by atoms with Gasteiger partial charge in [-0.1, -0.05) is 29.8 Å². The van der Waals surface area contributed by atoms with Crippen LogP contribution in [0.25, 0.3) is 0 Å². The molecule has 1 atom stereocenters. The third kappa shape index (κ3) is 7.11. The number of benzene rings is 2. The molecule has 3 rings (SSSR count). The zero-order chi connectivity index (χ0) is 23.8. The highest BCUT2D eigenvalue weighted by molar-refractivity contribution is 7.99. The first-order valence-corrected chi connectivity index (χ1v) is 12.6. The fourth-order valence-electron chi connectivity index (χ4n) is 3.63. The van der Waals surface area contributed by atoms with Crippen LogP contribution in [0.4, 0.5) is 0 Å². The average Bonchev–Trinajstić information content (AvgIpc) is 3.63. The summed E-state index contributed by atoms with van der Waals surface area (Å²) in [4.78, 5) is 23.5. The van der Waals surface area contributed by atoms with Gasteiger partial charge in [0, 0.05) is 21.8 Å². The molecule has 2 aromatic carbocycles. The average molecular weight is 492 g/mol. The van der Waals surface area contributed by atoms with Gasteiger partial charge >= 0.3 is 5.97 Å². The molecule has 0 aromatic heterocycles. The number of hydrogen-bond donors (Lipinski definition) is 1. The standard InChI is InChI=1S/C25H30ClNO5S/c1-3-21(27-30)18-8-9-22(19(25(18)29)13-16-5-6-16)32-11-4-12-33-23-10-7-17(14-20(23)26)15-24(28)31-2/h7-10,14,16,21,29H,3-6,11-13,15H2,1-2H3. The summed E-state index contributed by atoms with van der Waals surface area (Å²) in [6.45, 7) is 2.39. The van der Waals surface area contributed by atoms with Crippen LogP contribution in [-0.2, 0) is 22.4 Å². The second kappa shape index (κ2) is 12.3. The van der Waals surface area contributed by atoms with Crippen LogP contribution in [0.5, 0.6) is 11.5 Å². The van der Waals surface area contributed by atoms with E-state index < -0.39 is 6.04 Å². The Balaban J connectivity index is 1.55. The molecule has 1 aliphatic carbocycles. The molecule has 1 saturated carbocycles. The molecule has 178 valence electrons. The summed E-state index contributed by atoms with van der Waals surface area (Å²) in [5.74, 6) is 1.91. The van der Waals surface area contributed by atoms with Gasteiger partial charge in [0.2, 0.25) is 0 Å². The number of rotatable bonds is 13. The van der Waals surface area contributed by atoms with Crippen LogP contribution in [0.2, 0.25) is 5.02 Å². The maximum absolute atomic E-state index is 11.4. The van der Waals surface area contributed by atoms with Crippen LogP contribution >= 0.6 is 23.4 Å². The van der Waals surface area contributed by atoms with E-state index in [2.05, 4.69) is 9.91 Å². The number of nitroso groups, excluding NO2 is 1. The predicted molar refractivity (Wildman–Crippen MR) is 131 cm³/mol. The molecule has 33 heavy (non-hydrogen) atoms. The Morgan fingerprint density at radius 3 is 2.73 bits per heavy atom. The lowest BCUT2D eigenvalue weighted by Gasteiger charge is -2.17. The third-order valence-corrected chi connectivity index (χ3v) is 7.29. The quantitative estimate of drug-likeness (QED) is 0.149. The molecule has 1 N–H and O–H groups in total. The van der Waals surface area contributed by atoms with E-state index in [1.54, 1.807) is 23.9 Å². The van der Waals surface area contributed by atoms with Gasteiger partial charge in [0.25, 0.3) is 0 Å². The van der Waals surface area contributed by atoms with Gasteiger partial charge in [-0.2, -0.15) is 4.91 Å². The van der Waals surface area contributed by atoms with Gasteiger partial charge < -0.3 is 14.6 Å². The summed E-state index contributed by atoms with van der Waals surface area (Å²) in [5.41, 5.74) is 2.19. The zero-order valence-corrected chi connectivity index (χ0v) is 20.6. The van der Waals surface area contributed by atoms with Crippen LogP contribution in [-0.4, -0.2) is 30.5 Å². The first-order valence-electron chi connectivity index (χ1n) is 11.2. The molecule has 8 heteroatoms. The largest absolute Gasteiger partial charge is 0.507 e. The molecular formula is C25H30ClNO5S. The minimum atomic E-state index is -0.544. The van der Waals surface area contributed by atoms with Crippen LogP contribution in [0.15, 0.2) is 40.4 Å². The summed E-state index contributed by atoms with van der Waals surface area (Å²) in [6, 6.07) is 8.66. The van der Waals surface area contributed by atoms with Crippen molar-refractivity contribution in [2.24, 2.45) is 11.1 Å². The Morgan fingerprint density at radius 1 is 1.30 bits per heavy atom. The second-order valence-corrected chi connectivity index (χ2v) is 9.77. The van der Waals surface area contributed by atoms with Crippen molar-refractivity contribution in [1.29, 1.82) is 0 Å². The highest BCUT2D eigenvalue weighted by Crippen LogP contribution is 2.42. The lowest BCUT2D eigenvalue weighted by Crippen LogP contribution is -2.05. The molecule has 0 aliphatic heterocycles. The first-order chi connectivity index (χ1) is 16.0. The van der Waals surface area contributed by atoms with E-state index in [4.69, 9.17) is 16.3 Å². The normalized spacial score (nSPS) is 14.0. The predicted octanol–water partition coefficient (Wildman–Crippen LogP) is 6.49. The lowest BCUT2D eigenvalue weighted by molar-refractivity contribution is -0.139. The van der Waals surface area contributed by atoms with E-state index in [-0.39, 0.29) is 18.1 Å². The van der Waals surface area contributed by atoms with Gasteiger partial charge in [0.1, 0.15) is 17.5 Å². The second-order valence-electron chi connectivity index (χ2n) is 8.23. The summed E-state index contributed by atoms with van der Waals surface area (Å²) < 4.78 is 10.7. The van der Waals surface area contributed by atoms with Crippen molar-refractivity contribution in [2.45, 2.75) is 56.4 Å². The molecule has 6 nitrogen and oxygen atoms in total. The van der Waals surface area contributed by atoms with Gasteiger partial charge in [-0.25, -0.2) is 0 Å². The van der Waals surface area contributed by atoms with Gasteiger partial charge in [-0.3, -0.25) is 4.79 Å². The number of hydrogen-bond acceptors (Lipinski definition) is 7. The monoisotopic (exact) mass is 491 g/mol. The summed E-state index contributed by atoms with van der Waals surface area (Å²) in [6.07, 6.45) is 4.61. The molecule has 2 aromatic rings. The topological polar surface area (TPSA) is 85.2 Å². The highest BCUT2D eigenvalue weighted by atomic mass is 35.5. The number of phenols is 1. The van der Waals surface area contributed by atoms with Crippen LogP contribution < -0.4 is 4.74 Å². The summed E-state index contributed by atoms with van der Waals surface area (Å²) in [7, 11) is 1.37. The molecule has 0 saturated heterocycles. The molecule has 1 unspecified atom stereocenters. The molecule has 0 bridgehead atoms. The Labute approximate surface area is 204 Å². The smallest absolute Gasteiger partial charge is 0.309 e. The molecular weight excluding hydrogens is 462 g/mol. The van der Waals surface area contributed by atoms with E-state index in [1.165, 1.54) is 7.11 Å². The van der Waals surface area contributed by atoms with Crippen molar-refractivity contribution in [1.82, 2.24) is 0 Å². The number of carbonyl (C=O) groups is 1. The lowest BCUT2D eigenvalue weighted by atomic mass is 9.97.